The number of pyridine rings is 1. The van der Waals surface area contributed by atoms with Crippen molar-refractivity contribution in [1.29, 1.82) is 0 Å². The largest absolute Gasteiger partial charge is 0.433 e. The number of hydrogen-bond donors (Lipinski definition) is 0. The summed E-state index contributed by atoms with van der Waals surface area (Å²) in [5.74, 6) is -0.286. The maximum Gasteiger partial charge on any atom is 0.433 e. The van der Waals surface area contributed by atoms with Crippen LogP contribution in [0.15, 0.2) is 55.3 Å². The molecule has 1 unspecified atom stereocenters. The normalized spacial score (nSPS) is 17.3. The number of benzene rings is 1. The average molecular weight is 524 g/mol. The van der Waals surface area contributed by atoms with Gasteiger partial charge in [0.1, 0.15) is 5.69 Å². The van der Waals surface area contributed by atoms with Gasteiger partial charge in [-0.3, -0.25) is 14.6 Å². The van der Waals surface area contributed by atoms with Crippen LogP contribution in [0.3, 0.4) is 0 Å². The van der Waals surface area contributed by atoms with E-state index in [1.807, 2.05) is 16.8 Å². The standard InChI is InChI=1S/C28H28F3N5O2/c1-4-25(37)34-13-11-21-26-22(36(33-21)20-8-5-18(6-9-20)17(2)3)12-14-35(23(26)16-34)27(38)19-7-10-24(32-15-19)28(29,30)31/h4-10,15,17,23H,1,11-14,16H2,2-3H3. The fourth-order valence-electron chi connectivity index (χ4n) is 5.23. The highest BCUT2D eigenvalue weighted by Crippen LogP contribution is 2.38. The molecule has 2 aliphatic heterocycles. The van der Waals surface area contributed by atoms with Crippen molar-refractivity contribution in [2.75, 3.05) is 19.6 Å². The Balaban J connectivity index is 1.54. The van der Waals surface area contributed by atoms with Gasteiger partial charge in [-0.05, 0) is 41.8 Å². The number of hydrogen-bond acceptors (Lipinski definition) is 4. The maximum atomic E-state index is 13.6. The first-order chi connectivity index (χ1) is 18.1. The Hall–Kier alpha value is -3.95. The van der Waals surface area contributed by atoms with Gasteiger partial charge in [-0.2, -0.15) is 18.3 Å². The van der Waals surface area contributed by atoms with E-state index < -0.39 is 23.8 Å². The quantitative estimate of drug-likeness (QED) is 0.464. The van der Waals surface area contributed by atoms with E-state index >= 15 is 0 Å². The topological polar surface area (TPSA) is 71.3 Å². The molecule has 10 heteroatoms. The molecule has 0 spiro atoms. The number of rotatable bonds is 4. The van der Waals surface area contributed by atoms with Gasteiger partial charge in [0.25, 0.3) is 5.91 Å². The summed E-state index contributed by atoms with van der Waals surface area (Å²) in [7, 11) is 0. The summed E-state index contributed by atoms with van der Waals surface area (Å²) in [6.07, 6.45) is -1.36. The average Bonchev–Trinajstić information content (AvgIpc) is 3.17. The fourth-order valence-corrected chi connectivity index (χ4v) is 5.23. The van der Waals surface area contributed by atoms with Crippen molar-refractivity contribution in [3.8, 4) is 5.69 Å². The van der Waals surface area contributed by atoms with E-state index in [-0.39, 0.29) is 18.0 Å². The van der Waals surface area contributed by atoms with Gasteiger partial charge in [0.2, 0.25) is 5.91 Å². The van der Waals surface area contributed by atoms with E-state index in [9.17, 15) is 22.8 Å². The minimum atomic E-state index is -4.59. The van der Waals surface area contributed by atoms with Crippen LogP contribution >= 0.6 is 0 Å². The van der Waals surface area contributed by atoms with Crippen molar-refractivity contribution in [1.82, 2.24) is 24.6 Å². The molecule has 38 heavy (non-hydrogen) atoms. The summed E-state index contributed by atoms with van der Waals surface area (Å²) in [5.41, 5.74) is 3.82. The number of halogens is 3. The Bertz CT molecular complexity index is 1380. The summed E-state index contributed by atoms with van der Waals surface area (Å²) in [6.45, 7) is 8.84. The van der Waals surface area contributed by atoms with Gasteiger partial charge in [0, 0.05) is 44.2 Å². The molecule has 0 saturated heterocycles. The lowest BCUT2D eigenvalue weighted by Gasteiger charge is -2.37. The lowest BCUT2D eigenvalue weighted by atomic mass is 9.94. The smallest absolute Gasteiger partial charge is 0.336 e. The molecule has 198 valence electrons. The van der Waals surface area contributed by atoms with E-state index in [0.29, 0.717) is 31.8 Å². The molecule has 4 heterocycles. The number of carbonyl (C=O) groups is 2. The van der Waals surface area contributed by atoms with Gasteiger partial charge in [-0.1, -0.05) is 32.6 Å². The van der Waals surface area contributed by atoms with Gasteiger partial charge >= 0.3 is 6.18 Å². The summed E-state index contributed by atoms with van der Waals surface area (Å²) in [5, 5.41) is 4.92. The first kappa shape index (κ1) is 25.7. The third-order valence-electron chi connectivity index (χ3n) is 7.26. The lowest BCUT2D eigenvalue weighted by Crippen LogP contribution is -2.45. The minimum absolute atomic E-state index is 0.0607. The number of aromatic nitrogens is 3. The molecule has 7 nitrogen and oxygen atoms in total. The molecular weight excluding hydrogens is 495 g/mol. The highest BCUT2D eigenvalue weighted by atomic mass is 19.4. The molecule has 2 aromatic heterocycles. The third-order valence-corrected chi connectivity index (χ3v) is 7.26. The number of amides is 2. The molecule has 0 fully saturated rings. The second kappa shape index (κ2) is 9.74. The summed E-state index contributed by atoms with van der Waals surface area (Å²) < 4.78 is 40.9. The molecule has 2 aliphatic rings. The summed E-state index contributed by atoms with van der Waals surface area (Å²) >= 11 is 0. The first-order valence-corrected chi connectivity index (χ1v) is 12.5. The molecule has 2 amide bonds. The number of alkyl halides is 3. The highest BCUT2D eigenvalue weighted by molar-refractivity contribution is 5.94. The molecule has 0 aliphatic carbocycles. The van der Waals surface area contributed by atoms with E-state index in [1.165, 1.54) is 11.6 Å². The van der Waals surface area contributed by atoms with Gasteiger partial charge < -0.3 is 9.80 Å². The van der Waals surface area contributed by atoms with Crippen LogP contribution in [0.5, 0.6) is 0 Å². The van der Waals surface area contributed by atoms with Crippen molar-refractivity contribution in [2.45, 2.75) is 44.8 Å². The molecule has 0 saturated carbocycles. The molecule has 5 rings (SSSR count). The van der Waals surface area contributed by atoms with Crippen LogP contribution in [0, 0.1) is 0 Å². The van der Waals surface area contributed by atoms with Crippen molar-refractivity contribution >= 4 is 11.8 Å². The summed E-state index contributed by atoms with van der Waals surface area (Å²) in [4.78, 5) is 32.9. The van der Waals surface area contributed by atoms with Crippen molar-refractivity contribution in [3.05, 3.63) is 89.0 Å². The second-order valence-electron chi connectivity index (χ2n) is 9.90. The van der Waals surface area contributed by atoms with Gasteiger partial charge in [0.15, 0.2) is 0 Å². The predicted molar refractivity (Wildman–Crippen MR) is 135 cm³/mol. The minimum Gasteiger partial charge on any atom is -0.336 e. The Kier molecular flexibility index (Phi) is 6.58. The van der Waals surface area contributed by atoms with Crippen LogP contribution in [0.2, 0.25) is 0 Å². The predicted octanol–water partition coefficient (Wildman–Crippen LogP) is 4.72. The van der Waals surface area contributed by atoms with Crippen LogP contribution in [-0.4, -0.2) is 56.0 Å². The maximum absolute atomic E-state index is 13.6. The fraction of sp³-hybridized carbons (Fsp3) is 0.357. The zero-order chi connectivity index (χ0) is 27.2. The number of carbonyl (C=O) groups excluding carboxylic acids is 2. The van der Waals surface area contributed by atoms with Crippen LogP contribution < -0.4 is 0 Å². The molecule has 0 bridgehead atoms. The highest BCUT2D eigenvalue weighted by Gasteiger charge is 2.40. The van der Waals surface area contributed by atoms with Crippen molar-refractivity contribution in [3.63, 3.8) is 0 Å². The Morgan fingerprint density at radius 1 is 1.08 bits per heavy atom. The first-order valence-electron chi connectivity index (χ1n) is 12.5. The van der Waals surface area contributed by atoms with Crippen LogP contribution in [0.4, 0.5) is 13.2 Å². The SMILES string of the molecule is C=CC(=O)N1CCc2nn(-c3ccc(C(C)C)cc3)c3c2C(C1)N(C(=O)c1ccc(C(F)(F)F)nc1)CC3. The van der Waals surface area contributed by atoms with Gasteiger partial charge in [-0.25, -0.2) is 4.68 Å². The van der Waals surface area contributed by atoms with E-state index in [4.69, 9.17) is 5.10 Å². The lowest BCUT2D eigenvalue weighted by molar-refractivity contribution is -0.141. The zero-order valence-electron chi connectivity index (χ0n) is 21.2. The third kappa shape index (κ3) is 4.59. The molecule has 0 N–H and O–H groups in total. The van der Waals surface area contributed by atoms with Crippen LogP contribution in [0.1, 0.15) is 64.4 Å². The molecule has 1 atom stereocenters. The Morgan fingerprint density at radius 3 is 2.42 bits per heavy atom. The van der Waals surface area contributed by atoms with E-state index in [0.717, 1.165) is 41.0 Å². The van der Waals surface area contributed by atoms with Crippen molar-refractivity contribution < 1.29 is 22.8 Å². The van der Waals surface area contributed by atoms with Crippen LogP contribution in [0.25, 0.3) is 5.69 Å². The second-order valence-corrected chi connectivity index (χ2v) is 9.90. The van der Waals surface area contributed by atoms with E-state index in [1.54, 1.807) is 9.80 Å². The molecular formula is C28H28F3N5O2. The molecule has 0 radical (unpaired) electrons. The van der Waals surface area contributed by atoms with Gasteiger partial charge in [0.05, 0.1) is 28.7 Å². The monoisotopic (exact) mass is 523 g/mol. The molecule has 3 aromatic rings. The zero-order valence-corrected chi connectivity index (χ0v) is 21.2. The van der Waals surface area contributed by atoms with Gasteiger partial charge in [-0.15, -0.1) is 0 Å². The van der Waals surface area contributed by atoms with Crippen LogP contribution in [-0.2, 0) is 23.8 Å². The van der Waals surface area contributed by atoms with E-state index in [2.05, 4.69) is 37.5 Å². The summed E-state index contributed by atoms with van der Waals surface area (Å²) in [6, 6.07) is 9.69. The Labute approximate surface area is 218 Å². The molecule has 1 aromatic carbocycles. The van der Waals surface area contributed by atoms with Crippen molar-refractivity contribution in [2.24, 2.45) is 0 Å². The number of nitrogens with zero attached hydrogens (tertiary/aromatic N) is 5. The Morgan fingerprint density at radius 2 is 1.82 bits per heavy atom.